The van der Waals surface area contributed by atoms with E-state index in [9.17, 15) is 0 Å². The summed E-state index contributed by atoms with van der Waals surface area (Å²) in [6.45, 7) is 1.47. The van der Waals surface area contributed by atoms with E-state index in [1.54, 1.807) is 7.11 Å². The third-order valence-electron chi connectivity index (χ3n) is 3.27. The molecular weight excluding hydrogens is 248 g/mol. The lowest BCUT2D eigenvalue weighted by atomic mass is 9.88. The molecule has 2 fully saturated rings. The normalized spacial score (nSPS) is 43.3. The molecule has 0 aromatic heterocycles. The van der Waals surface area contributed by atoms with Crippen molar-refractivity contribution in [2.45, 2.75) is 37.1 Å². The molecule has 0 amide bonds. The van der Waals surface area contributed by atoms with Crippen molar-refractivity contribution in [2.75, 3.05) is 25.7 Å². The van der Waals surface area contributed by atoms with E-state index in [4.69, 9.17) is 14.2 Å². The SMILES string of the molecule is COC1COCCC12CCC(CBr)O2. The molecule has 0 bridgehead atoms. The Bertz CT molecular complexity index is 200. The topological polar surface area (TPSA) is 27.7 Å². The first-order valence-corrected chi connectivity index (χ1v) is 6.27. The quantitative estimate of drug-likeness (QED) is 0.712. The fraction of sp³-hybridized carbons (Fsp3) is 1.00. The van der Waals surface area contributed by atoms with Crippen LogP contribution in [0.25, 0.3) is 0 Å². The number of methoxy groups -OCH3 is 1. The molecule has 2 heterocycles. The monoisotopic (exact) mass is 264 g/mol. The van der Waals surface area contributed by atoms with E-state index in [0.29, 0.717) is 12.7 Å². The van der Waals surface area contributed by atoms with Crippen LogP contribution in [0.5, 0.6) is 0 Å². The van der Waals surface area contributed by atoms with Gasteiger partial charge in [0.05, 0.1) is 18.3 Å². The number of alkyl halides is 1. The van der Waals surface area contributed by atoms with Crippen molar-refractivity contribution >= 4 is 15.9 Å². The van der Waals surface area contributed by atoms with Crippen LogP contribution in [0.1, 0.15) is 19.3 Å². The van der Waals surface area contributed by atoms with Crippen LogP contribution in [0, 0.1) is 0 Å². The van der Waals surface area contributed by atoms with Crippen LogP contribution in [0.3, 0.4) is 0 Å². The van der Waals surface area contributed by atoms with Gasteiger partial charge in [-0.25, -0.2) is 0 Å². The summed E-state index contributed by atoms with van der Waals surface area (Å²) in [4.78, 5) is 0. The zero-order chi connectivity index (χ0) is 10.0. The largest absolute Gasteiger partial charge is 0.379 e. The van der Waals surface area contributed by atoms with E-state index in [2.05, 4.69) is 15.9 Å². The first kappa shape index (κ1) is 10.9. The second-order valence-electron chi connectivity index (χ2n) is 4.05. The average molecular weight is 265 g/mol. The predicted molar refractivity (Wildman–Crippen MR) is 56.9 cm³/mol. The molecule has 82 valence electrons. The van der Waals surface area contributed by atoms with Gasteiger partial charge in [0, 0.05) is 25.5 Å². The van der Waals surface area contributed by atoms with Gasteiger partial charge in [-0.05, 0) is 12.8 Å². The number of hydrogen-bond donors (Lipinski definition) is 0. The highest BCUT2D eigenvalue weighted by Gasteiger charge is 2.48. The van der Waals surface area contributed by atoms with Crippen molar-refractivity contribution in [3.63, 3.8) is 0 Å². The molecule has 2 saturated heterocycles. The Hall–Kier alpha value is 0.360. The highest BCUT2D eigenvalue weighted by molar-refractivity contribution is 9.09. The Kier molecular flexibility index (Phi) is 3.47. The number of ether oxygens (including phenoxy) is 3. The molecule has 0 radical (unpaired) electrons. The van der Waals surface area contributed by atoms with Crippen LogP contribution < -0.4 is 0 Å². The first-order valence-electron chi connectivity index (χ1n) is 5.15. The van der Waals surface area contributed by atoms with Gasteiger partial charge in [-0.15, -0.1) is 0 Å². The minimum atomic E-state index is -0.0641. The van der Waals surface area contributed by atoms with Gasteiger partial charge in [0.1, 0.15) is 6.10 Å². The van der Waals surface area contributed by atoms with Gasteiger partial charge in [-0.3, -0.25) is 0 Å². The summed E-state index contributed by atoms with van der Waals surface area (Å²) in [5, 5.41) is 0.923. The molecule has 0 aliphatic carbocycles. The van der Waals surface area contributed by atoms with Gasteiger partial charge >= 0.3 is 0 Å². The smallest absolute Gasteiger partial charge is 0.109 e. The Balaban J connectivity index is 2.05. The molecule has 3 unspecified atom stereocenters. The number of rotatable bonds is 2. The van der Waals surface area contributed by atoms with Crippen molar-refractivity contribution in [1.29, 1.82) is 0 Å². The van der Waals surface area contributed by atoms with Crippen molar-refractivity contribution < 1.29 is 14.2 Å². The second kappa shape index (κ2) is 4.47. The van der Waals surface area contributed by atoms with Crippen LogP contribution in [-0.4, -0.2) is 43.5 Å². The summed E-state index contributed by atoms with van der Waals surface area (Å²) < 4.78 is 17.0. The maximum absolute atomic E-state index is 6.09. The molecule has 2 rings (SSSR count). The standard InChI is InChI=1S/C10H17BrO3/c1-12-9-7-13-5-4-10(9)3-2-8(6-11)14-10/h8-9H,2-7H2,1H3. The van der Waals surface area contributed by atoms with E-state index < -0.39 is 0 Å². The van der Waals surface area contributed by atoms with Gasteiger partial charge < -0.3 is 14.2 Å². The summed E-state index contributed by atoms with van der Waals surface area (Å²) in [6.07, 6.45) is 3.66. The fourth-order valence-electron chi connectivity index (χ4n) is 2.42. The van der Waals surface area contributed by atoms with E-state index >= 15 is 0 Å². The third-order valence-corrected chi connectivity index (χ3v) is 4.00. The van der Waals surface area contributed by atoms with Crippen LogP contribution in [-0.2, 0) is 14.2 Å². The molecule has 0 aromatic carbocycles. The van der Waals surface area contributed by atoms with Gasteiger partial charge in [-0.2, -0.15) is 0 Å². The maximum atomic E-state index is 6.09. The third kappa shape index (κ3) is 1.85. The van der Waals surface area contributed by atoms with E-state index in [0.717, 1.165) is 31.2 Å². The van der Waals surface area contributed by atoms with Crippen LogP contribution in [0.15, 0.2) is 0 Å². The minimum absolute atomic E-state index is 0.0641. The van der Waals surface area contributed by atoms with Crippen molar-refractivity contribution in [3.05, 3.63) is 0 Å². The van der Waals surface area contributed by atoms with Crippen molar-refractivity contribution in [1.82, 2.24) is 0 Å². The Morgan fingerprint density at radius 3 is 3.00 bits per heavy atom. The molecule has 1 spiro atoms. The molecule has 0 aromatic rings. The Morgan fingerprint density at radius 1 is 1.50 bits per heavy atom. The minimum Gasteiger partial charge on any atom is -0.379 e. The highest BCUT2D eigenvalue weighted by Crippen LogP contribution is 2.39. The molecule has 2 aliphatic rings. The second-order valence-corrected chi connectivity index (χ2v) is 4.69. The van der Waals surface area contributed by atoms with E-state index in [-0.39, 0.29) is 11.7 Å². The summed E-state index contributed by atoms with van der Waals surface area (Å²) in [5.74, 6) is 0. The van der Waals surface area contributed by atoms with Crippen LogP contribution >= 0.6 is 15.9 Å². The van der Waals surface area contributed by atoms with E-state index in [1.807, 2.05) is 0 Å². The molecule has 3 atom stereocenters. The molecule has 3 nitrogen and oxygen atoms in total. The van der Waals surface area contributed by atoms with Gasteiger partial charge in [-0.1, -0.05) is 15.9 Å². The summed E-state index contributed by atoms with van der Waals surface area (Å²) >= 11 is 3.47. The zero-order valence-electron chi connectivity index (χ0n) is 8.50. The summed E-state index contributed by atoms with van der Waals surface area (Å²) in [6, 6.07) is 0. The Morgan fingerprint density at radius 2 is 2.36 bits per heavy atom. The van der Waals surface area contributed by atoms with Crippen molar-refractivity contribution in [3.8, 4) is 0 Å². The number of halogens is 1. The zero-order valence-corrected chi connectivity index (χ0v) is 10.1. The van der Waals surface area contributed by atoms with Crippen molar-refractivity contribution in [2.24, 2.45) is 0 Å². The molecular formula is C10H17BrO3. The van der Waals surface area contributed by atoms with Gasteiger partial charge in [0.25, 0.3) is 0 Å². The summed E-state index contributed by atoms with van der Waals surface area (Å²) in [7, 11) is 1.74. The predicted octanol–water partition coefficient (Wildman–Crippen LogP) is 1.73. The first-order chi connectivity index (χ1) is 6.80. The van der Waals surface area contributed by atoms with Crippen LogP contribution in [0.4, 0.5) is 0 Å². The molecule has 14 heavy (non-hydrogen) atoms. The average Bonchev–Trinajstić information content (AvgIpc) is 2.63. The van der Waals surface area contributed by atoms with E-state index in [1.165, 1.54) is 0 Å². The maximum Gasteiger partial charge on any atom is 0.109 e. The molecule has 4 heteroatoms. The molecule has 0 N–H and O–H groups in total. The van der Waals surface area contributed by atoms with Gasteiger partial charge in [0.15, 0.2) is 0 Å². The lowest BCUT2D eigenvalue weighted by Gasteiger charge is -2.39. The van der Waals surface area contributed by atoms with Crippen LogP contribution in [0.2, 0.25) is 0 Å². The molecule has 2 aliphatic heterocycles. The molecule has 0 saturated carbocycles. The number of hydrogen-bond acceptors (Lipinski definition) is 3. The summed E-state index contributed by atoms with van der Waals surface area (Å²) in [5.41, 5.74) is -0.0641. The fourth-order valence-corrected chi connectivity index (χ4v) is 2.87. The lowest BCUT2D eigenvalue weighted by molar-refractivity contribution is -0.182. The lowest BCUT2D eigenvalue weighted by Crippen LogP contribution is -2.50. The van der Waals surface area contributed by atoms with Gasteiger partial charge in [0.2, 0.25) is 0 Å². The highest BCUT2D eigenvalue weighted by atomic mass is 79.9. The Labute approximate surface area is 93.2 Å².